The molecule has 4 aliphatic carbocycles. The Morgan fingerprint density at radius 1 is 1.06 bits per heavy atom. The lowest BCUT2D eigenvalue weighted by Crippen LogP contribution is -2.45. The van der Waals surface area contributed by atoms with Crippen molar-refractivity contribution in [2.24, 2.45) is 29.6 Å². The predicted molar refractivity (Wildman–Crippen MR) is 66.4 cm³/mol. The summed E-state index contributed by atoms with van der Waals surface area (Å²) in [5.41, 5.74) is 0. The Morgan fingerprint density at radius 2 is 1.65 bits per heavy atom. The third-order valence-corrected chi connectivity index (χ3v) is 5.41. The summed E-state index contributed by atoms with van der Waals surface area (Å²) in [5, 5.41) is 0. The van der Waals surface area contributed by atoms with Crippen LogP contribution in [0.5, 0.6) is 0 Å². The first-order valence-electron chi connectivity index (χ1n) is 7.41. The Labute approximate surface area is 104 Å². The molecule has 4 aliphatic rings. The summed E-state index contributed by atoms with van der Waals surface area (Å²) >= 11 is 0. The van der Waals surface area contributed by atoms with Crippen LogP contribution in [0.2, 0.25) is 0 Å². The van der Waals surface area contributed by atoms with Crippen molar-refractivity contribution < 1.29 is 9.53 Å². The molecule has 0 radical (unpaired) electrons. The van der Waals surface area contributed by atoms with Crippen LogP contribution in [0.25, 0.3) is 0 Å². The molecular formula is C15H24O2. The second kappa shape index (κ2) is 4.62. The number of carbonyl (C=O) groups excluding carboxylic acids is 1. The van der Waals surface area contributed by atoms with Gasteiger partial charge >= 0.3 is 5.97 Å². The van der Waals surface area contributed by atoms with Gasteiger partial charge in [0.05, 0.1) is 6.61 Å². The van der Waals surface area contributed by atoms with E-state index in [1.54, 1.807) is 0 Å². The van der Waals surface area contributed by atoms with E-state index in [4.69, 9.17) is 4.74 Å². The first-order chi connectivity index (χ1) is 8.26. The van der Waals surface area contributed by atoms with E-state index in [1.807, 2.05) is 6.92 Å². The van der Waals surface area contributed by atoms with Crippen molar-refractivity contribution in [2.45, 2.75) is 51.9 Å². The van der Waals surface area contributed by atoms with Gasteiger partial charge in [0.2, 0.25) is 0 Å². The molecule has 0 N–H and O–H groups in total. The number of esters is 1. The lowest BCUT2D eigenvalue weighted by Gasteiger charge is -2.54. The van der Waals surface area contributed by atoms with Gasteiger partial charge in [0.1, 0.15) is 0 Å². The lowest BCUT2D eigenvalue weighted by molar-refractivity contribution is -0.144. The monoisotopic (exact) mass is 236 g/mol. The number of ether oxygens (including phenoxy) is 1. The van der Waals surface area contributed by atoms with E-state index in [2.05, 4.69) is 0 Å². The molecule has 0 aromatic carbocycles. The molecule has 0 aromatic heterocycles. The topological polar surface area (TPSA) is 26.3 Å². The third-order valence-electron chi connectivity index (χ3n) is 5.41. The van der Waals surface area contributed by atoms with Gasteiger partial charge in [0.15, 0.2) is 0 Å². The summed E-state index contributed by atoms with van der Waals surface area (Å²) in [6.45, 7) is 2.42. The third kappa shape index (κ3) is 2.23. The summed E-state index contributed by atoms with van der Waals surface area (Å²) in [4.78, 5) is 11.5. The van der Waals surface area contributed by atoms with Crippen molar-refractivity contribution in [3.05, 3.63) is 0 Å². The minimum atomic E-state index is 0.0151. The van der Waals surface area contributed by atoms with Gasteiger partial charge < -0.3 is 4.74 Å². The highest BCUT2D eigenvalue weighted by Gasteiger charge is 2.47. The molecule has 4 saturated carbocycles. The Hall–Kier alpha value is -0.530. The average Bonchev–Trinajstić information content (AvgIpc) is 2.27. The van der Waals surface area contributed by atoms with Crippen LogP contribution in [0.4, 0.5) is 0 Å². The highest BCUT2D eigenvalue weighted by Crippen LogP contribution is 2.57. The molecule has 0 heterocycles. The summed E-state index contributed by atoms with van der Waals surface area (Å²) in [5.74, 6) is 4.82. The molecule has 4 fully saturated rings. The maximum atomic E-state index is 11.5. The second-order valence-electron chi connectivity index (χ2n) is 6.44. The molecule has 2 heteroatoms. The number of hydrogen-bond donors (Lipinski definition) is 0. The number of hydrogen-bond acceptors (Lipinski definition) is 2. The molecule has 0 unspecified atom stereocenters. The molecule has 2 nitrogen and oxygen atoms in total. The van der Waals surface area contributed by atoms with Crippen molar-refractivity contribution in [3.63, 3.8) is 0 Å². The van der Waals surface area contributed by atoms with Gasteiger partial charge in [-0.2, -0.15) is 0 Å². The smallest absolute Gasteiger partial charge is 0.305 e. The van der Waals surface area contributed by atoms with Crippen molar-refractivity contribution >= 4 is 5.97 Å². The van der Waals surface area contributed by atoms with Crippen LogP contribution >= 0.6 is 0 Å². The Morgan fingerprint density at radius 3 is 2.18 bits per heavy atom. The molecule has 17 heavy (non-hydrogen) atoms. The van der Waals surface area contributed by atoms with Gasteiger partial charge in [-0.3, -0.25) is 4.79 Å². The zero-order valence-corrected chi connectivity index (χ0v) is 10.9. The van der Waals surface area contributed by atoms with Gasteiger partial charge in [-0.25, -0.2) is 0 Å². The molecule has 0 amide bonds. The quantitative estimate of drug-likeness (QED) is 0.699. The van der Waals surface area contributed by atoms with Crippen molar-refractivity contribution in [1.29, 1.82) is 0 Å². The summed E-state index contributed by atoms with van der Waals surface area (Å²) in [7, 11) is 0. The fourth-order valence-corrected chi connectivity index (χ4v) is 5.03. The molecule has 4 rings (SSSR count). The van der Waals surface area contributed by atoms with E-state index < -0.39 is 0 Å². The van der Waals surface area contributed by atoms with Gasteiger partial charge in [-0.05, 0) is 75.0 Å². The van der Waals surface area contributed by atoms with Crippen molar-refractivity contribution in [2.75, 3.05) is 6.61 Å². The van der Waals surface area contributed by atoms with E-state index in [-0.39, 0.29) is 5.97 Å². The fourth-order valence-electron chi connectivity index (χ4n) is 5.03. The van der Waals surface area contributed by atoms with Crippen LogP contribution in [0.1, 0.15) is 51.9 Å². The SMILES string of the molecule is CCOC(=O)CCC1C2CC3CC(C2)CC1C3. The van der Waals surface area contributed by atoms with Crippen LogP contribution in [-0.4, -0.2) is 12.6 Å². The van der Waals surface area contributed by atoms with Gasteiger partial charge in [-0.15, -0.1) is 0 Å². The Bertz CT molecular complexity index is 269. The van der Waals surface area contributed by atoms with Crippen LogP contribution in [0, 0.1) is 29.6 Å². The van der Waals surface area contributed by atoms with Crippen molar-refractivity contribution in [1.82, 2.24) is 0 Å². The molecule has 0 aromatic rings. The van der Waals surface area contributed by atoms with E-state index >= 15 is 0 Å². The molecule has 0 spiro atoms. The second-order valence-corrected chi connectivity index (χ2v) is 6.44. The van der Waals surface area contributed by atoms with E-state index in [0.717, 1.165) is 36.0 Å². The summed E-state index contributed by atoms with van der Waals surface area (Å²) < 4.78 is 5.05. The minimum Gasteiger partial charge on any atom is -0.466 e. The van der Waals surface area contributed by atoms with Crippen molar-refractivity contribution in [3.8, 4) is 0 Å². The first-order valence-corrected chi connectivity index (χ1v) is 7.41. The molecule has 96 valence electrons. The van der Waals surface area contributed by atoms with E-state index in [9.17, 15) is 4.79 Å². The van der Waals surface area contributed by atoms with Crippen LogP contribution < -0.4 is 0 Å². The van der Waals surface area contributed by atoms with E-state index in [1.165, 1.54) is 32.1 Å². The molecule has 0 atom stereocenters. The first kappa shape index (κ1) is 11.6. The normalized spacial score (nSPS) is 42.8. The maximum absolute atomic E-state index is 11.5. The zero-order valence-electron chi connectivity index (χ0n) is 10.9. The Kier molecular flexibility index (Phi) is 3.14. The van der Waals surface area contributed by atoms with Gasteiger partial charge in [0, 0.05) is 6.42 Å². The average molecular weight is 236 g/mol. The maximum Gasteiger partial charge on any atom is 0.305 e. The predicted octanol–water partition coefficient (Wildman–Crippen LogP) is 3.40. The number of carbonyl (C=O) groups is 1. The van der Waals surface area contributed by atoms with Crippen LogP contribution in [0.3, 0.4) is 0 Å². The largest absolute Gasteiger partial charge is 0.466 e. The minimum absolute atomic E-state index is 0.0151. The highest BCUT2D eigenvalue weighted by molar-refractivity contribution is 5.69. The van der Waals surface area contributed by atoms with E-state index in [0.29, 0.717) is 13.0 Å². The lowest BCUT2D eigenvalue weighted by atomic mass is 9.51. The van der Waals surface area contributed by atoms with Gasteiger partial charge in [-0.1, -0.05) is 0 Å². The fraction of sp³-hybridized carbons (Fsp3) is 0.933. The molecule has 0 saturated heterocycles. The van der Waals surface area contributed by atoms with Gasteiger partial charge in [0.25, 0.3) is 0 Å². The summed E-state index contributed by atoms with van der Waals surface area (Å²) in [6.07, 6.45) is 9.09. The zero-order chi connectivity index (χ0) is 11.8. The number of rotatable bonds is 4. The Balaban J connectivity index is 1.55. The highest BCUT2D eigenvalue weighted by atomic mass is 16.5. The molecule has 0 aliphatic heterocycles. The van der Waals surface area contributed by atoms with Crippen LogP contribution in [0.15, 0.2) is 0 Å². The standard InChI is InChI=1S/C15H24O2/c1-2-17-15(16)4-3-14-12-6-10-5-11(8-12)9-13(14)7-10/h10-14H,2-9H2,1H3. The van der Waals surface area contributed by atoms with Crippen LogP contribution in [-0.2, 0) is 9.53 Å². The molecule has 4 bridgehead atoms. The molecular weight excluding hydrogens is 212 g/mol. The summed E-state index contributed by atoms with van der Waals surface area (Å²) in [6, 6.07) is 0.